The Labute approximate surface area is 65.5 Å². The van der Waals surface area contributed by atoms with Gasteiger partial charge in [0.05, 0.1) is 10.5 Å². The van der Waals surface area contributed by atoms with Gasteiger partial charge in [-0.2, -0.15) is 0 Å². The highest BCUT2D eigenvalue weighted by Gasteiger charge is 2.60. The van der Waals surface area contributed by atoms with E-state index >= 15 is 0 Å². The minimum Gasteiger partial charge on any atom is -0.228 e. The maximum absolute atomic E-state index is 11.5. The second-order valence-corrected chi connectivity index (χ2v) is 5.71. The molecule has 3 heteroatoms. The predicted octanol–water partition coefficient (Wildman–Crippen LogP) is 0.524. The van der Waals surface area contributed by atoms with E-state index in [0.29, 0.717) is 11.8 Å². The first-order valence-corrected chi connectivity index (χ1v) is 5.41. The van der Waals surface area contributed by atoms with Gasteiger partial charge in [0.1, 0.15) is 0 Å². The quantitative estimate of drug-likeness (QED) is 0.494. The van der Waals surface area contributed by atoms with Gasteiger partial charge in [-0.3, -0.25) is 0 Å². The van der Waals surface area contributed by atoms with Crippen LogP contribution in [0.25, 0.3) is 0 Å². The van der Waals surface area contributed by atoms with Crippen LogP contribution < -0.4 is 0 Å². The van der Waals surface area contributed by atoms with Crippen LogP contribution >= 0.6 is 0 Å². The molecule has 3 aliphatic rings. The van der Waals surface area contributed by atoms with Gasteiger partial charge in [0.15, 0.2) is 9.84 Å². The molecule has 0 amide bonds. The molecular formula is C8H8O2S. The number of sulfone groups is 1. The molecule has 0 aromatic heterocycles. The third-order valence-electron chi connectivity index (χ3n) is 2.87. The Hall–Kier alpha value is -0.570. The lowest BCUT2D eigenvalue weighted by Gasteiger charge is -2.14. The smallest absolute Gasteiger partial charge is 0.164 e. The molecule has 2 heterocycles. The molecule has 11 heavy (non-hydrogen) atoms. The van der Waals surface area contributed by atoms with Crippen LogP contribution in [-0.4, -0.2) is 18.9 Å². The average Bonchev–Trinajstić information content (AvgIpc) is 2.56. The van der Waals surface area contributed by atoms with E-state index in [1.807, 2.05) is 12.2 Å². The molecule has 2 atom stereocenters. The third-order valence-corrected chi connectivity index (χ3v) is 5.33. The monoisotopic (exact) mass is 168 g/mol. The largest absolute Gasteiger partial charge is 0.228 e. The van der Waals surface area contributed by atoms with Crippen molar-refractivity contribution < 1.29 is 8.42 Å². The highest BCUT2D eigenvalue weighted by molar-refractivity contribution is 7.93. The lowest BCUT2D eigenvalue weighted by atomic mass is 10.3. The van der Waals surface area contributed by atoms with Crippen LogP contribution in [0.15, 0.2) is 24.3 Å². The van der Waals surface area contributed by atoms with Gasteiger partial charge in [0.2, 0.25) is 0 Å². The van der Waals surface area contributed by atoms with E-state index in [-0.39, 0.29) is 10.5 Å². The molecule has 0 aromatic carbocycles. The molecular weight excluding hydrogens is 160 g/mol. The van der Waals surface area contributed by atoms with Crippen molar-refractivity contribution in [1.82, 2.24) is 0 Å². The second kappa shape index (κ2) is 1.46. The van der Waals surface area contributed by atoms with Crippen molar-refractivity contribution in [2.45, 2.75) is 10.5 Å². The lowest BCUT2D eigenvalue weighted by molar-refractivity contribution is 0.588. The van der Waals surface area contributed by atoms with Crippen molar-refractivity contribution in [2.75, 3.05) is 0 Å². The molecule has 0 aromatic rings. The van der Waals surface area contributed by atoms with E-state index in [1.165, 1.54) is 0 Å². The molecule has 2 nitrogen and oxygen atoms in total. The summed E-state index contributed by atoms with van der Waals surface area (Å²) in [4.78, 5) is 0. The summed E-state index contributed by atoms with van der Waals surface area (Å²) in [6.45, 7) is 0. The van der Waals surface area contributed by atoms with Gasteiger partial charge in [0.25, 0.3) is 0 Å². The Morgan fingerprint density at radius 3 is 1.91 bits per heavy atom. The van der Waals surface area contributed by atoms with Crippen molar-refractivity contribution in [2.24, 2.45) is 11.8 Å². The van der Waals surface area contributed by atoms with Gasteiger partial charge in [-0.1, -0.05) is 24.3 Å². The van der Waals surface area contributed by atoms with E-state index in [4.69, 9.17) is 0 Å². The fourth-order valence-electron chi connectivity index (χ4n) is 2.18. The van der Waals surface area contributed by atoms with Crippen molar-refractivity contribution >= 4 is 9.84 Å². The zero-order valence-electron chi connectivity index (χ0n) is 5.84. The van der Waals surface area contributed by atoms with Gasteiger partial charge in [-0.15, -0.1) is 0 Å². The molecule has 0 spiro atoms. The molecule has 2 bridgehead atoms. The van der Waals surface area contributed by atoms with E-state index in [1.54, 1.807) is 0 Å². The third kappa shape index (κ3) is 0.527. The topological polar surface area (TPSA) is 34.1 Å². The van der Waals surface area contributed by atoms with Crippen molar-refractivity contribution in [3.05, 3.63) is 24.3 Å². The zero-order chi connectivity index (χ0) is 7.64. The van der Waals surface area contributed by atoms with E-state index in [2.05, 4.69) is 12.2 Å². The minimum absolute atomic E-state index is 0.0532. The fraction of sp³-hybridized carbons (Fsp3) is 0.500. The predicted molar refractivity (Wildman–Crippen MR) is 41.8 cm³/mol. The van der Waals surface area contributed by atoms with Gasteiger partial charge in [-0.05, 0) is 0 Å². The number of allylic oxidation sites excluding steroid dienone is 2. The summed E-state index contributed by atoms with van der Waals surface area (Å²) in [5.74, 6) is 0.630. The first kappa shape index (κ1) is 6.00. The van der Waals surface area contributed by atoms with Crippen LogP contribution in [0.3, 0.4) is 0 Å². The summed E-state index contributed by atoms with van der Waals surface area (Å²) >= 11 is 0. The van der Waals surface area contributed by atoms with Crippen LogP contribution in [0.5, 0.6) is 0 Å². The average molecular weight is 168 g/mol. The molecule has 2 aliphatic heterocycles. The summed E-state index contributed by atoms with van der Waals surface area (Å²) in [5, 5.41) is -0.356. The summed E-state index contributed by atoms with van der Waals surface area (Å²) in [6, 6.07) is 0. The molecule has 3 rings (SSSR count). The SMILES string of the molecule is O=S1(=O)C2C=CC3C(C=C2)C31. The van der Waals surface area contributed by atoms with E-state index in [0.717, 1.165) is 0 Å². The standard InChI is InChI=1S/C8H8O2S/c9-11(10)5-1-3-6-7(4-2-5)8(6)11/h1-8H. The summed E-state index contributed by atoms with van der Waals surface area (Å²) in [7, 11) is -2.80. The number of rotatable bonds is 0. The van der Waals surface area contributed by atoms with Crippen LogP contribution in [0, 0.1) is 11.8 Å². The normalized spacial score (nSPS) is 54.2. The zero-order valence-corrected chi connectivity index (χ0v) is 6.66. The Bertz CT molecular complexity index is 344. The van der Waals surface area contributed by atoms with Crippen LogP contribution in [0.1, 0.15) is 0 Å². The summed E-state index contributed by atoms with van der Waals surface area (Å²) in [5.41, 5.74) is 0. The maximum atomic E-state index is 11.5. The number of hydrogen-bond donors (Lipinski definition) is 0. The summed E-state index contributed by atoms with van der Waals surface area (Å²) in [6.07, 6.45) is 7.75. The van der Waals surface area contributed by atoms with E-state index < -0.39 is 9.84 Å². The first-order chi connectivity index (χ1) is 5.21. The molecule has 2 unspecified atom stereocenters. The molecule has 0 radical (unpaired) electrons. The van der Waals surface area contributed by atoms with Crippen LogP contribution in [0.4, 0.5) is 0 Å². The van der Waals surface area contributed by atoms with Gasteiger partial charge in [0, 0.05) is 11.8 Å². The molecule has 0 N–H and O–H groups in total. The molecule has 0 saturated heterocycles. The Kier molecular flexibility index (Phi) is 0.796. The molecule has 1 aliphatic carbocycles. The number of hydrogen-bond acceptors (Lipinski definition) is 2. The Morgan fingerprint density at radius 1 is 0.909 bits per heavy atom. The maximum Gasteiger partial charge on any atom is 0.164 e. The molecule has 1 fully saturated rings. The van der Waals surface area contributed by atoms with Crippen molar-refractivity contribution in [3.8, 4) is 0 Å². The van der Waals surface area contributed by atoms with Gasteiger partial charge >= 0.3 is 0 Å². The Morgan fingerprint density at radius 2 is 1.45 bits per heavy atom. The van der Waals surface area contributed by atoms with Crippen molar-refractivity contribution in [1.29, 1.82) is 0 Å². The van der Waals surface area contributed by atoms with Crippen LogP contribution in [-0.2, 0) is 9.84 Å². The Balaban J connectivity index is 2.32. The second-order valence-electron chi connectivity index (χ2n) is 3.44. The minimum atomic E-state index is -2.80. The number of fused-ring (bicyclic) bond motifs is 2. The highest BCUT2D eigenvalue weighted by Crippen LogP contribution is 2.53. The lowest BCUT2D eigenvalue weighted by Crippen LogP contribution is -2.26. The first-order valence-electron chi connectivity index (χ1n) is 3.80. The summed E-state index contributed by atoms with van der Waals surface area (Å²) < 4.78 is 23.0. The molecule has 1 saturated carbocycles. The highest BCUT2D eigenvalue weighted by atomic mass is 32.2. The fourth-order valence-corrected chi connectivity index (χ4v) is 4.49. The van der Waals surface area contributed by atoms with E-state index in [9.17, 15) is 8.42 Å². The van der Waals surface area contributed by atoms with Gasteiger partial charge < -0.3 is 0 Å². The van der Waals surface area contributed by atoms with Gasteiger partial charge in [-0.25, -0.2) is 8.42 Å². The van der Waals surface area contributed by atoms with Crippen LogP contribution in [0.2, 0.25) is 0 Å². The molecule has 58 valence electrons. The van der Waals surface area contributed by atoms with Crippen molar-refractivity contribution in [3.63, 3.8) is 0 Å².